The first-order chi connectivity index (χ1) is 13.3. The minimum Gasteiger partial charge on any atom is -0.486 e. The highest BCUT2D eigenvalue weighted by Gasteiger charge is 2.28. The molecule has 4 rings (SSSR count). The molecule has 0 spiro atoms. The summed E-state index contributed by atoms with van der Waals surface area (Å²) in [6.45, 7) is 3.25. The summed E-state index contributed by atoms with van der Waals surface area (Å²) < 4.78 is 11.3. The number of likely N-dealkylation sites (tertiary alicyclic amines) is 1. The van der Waals surface area contributed by atoms with Crippen LogP contribution in [-0.4, -0.2) is 43.7 Å². The van der Waals surface area contributed by atoms with E-state index in [0.29, 0.717) is 26.3 Å². The molecular formula is C22H26N2O3. The normalized spacial score (nSPS) is 19.0. The van der Waals surface area contributed by atoms with E-state index in [0.717, 1.165) is 37.3 Å². The fourth-order valence-electron chi connectivity index (χ4n) is 3.89. The maximum Gasteiger partial charge on any atom is 0.234 e. The number of nitrogens with zero attached hydrogens (tertiary/aromatic N) is 1. The van der Waals surface area contributed by atoms with Crippen LogP contribution in [0.5, 0.6) is 11.5 Å². The summed E-state index contributed by atoms with van der Waals surface area (Å²) in [5.41, 5.74) is 2.45. The first-order valence-corrected chi connectivity index (χ1v) is 9.74. The third-order valence-electron chi connectivity index (χ3n) is 5.24. The number of hydrogen-bond donors (Lipinski definition) is 1. The highest BCUT2D eigenvalue weighted by atomic mass is 16.6. The molecule has 2 aromatic carbocycles. The van der Waals surface area contributed by atoms with Crippen LogP contribution in [0.25, 0.3) is 0 Å². The van der Waals surface area contributed by atoms with Gasteiger partial charge in [-0.1, -0.05) is 36.4 Å². The fraction of sp³-hybridized carbons (Fsp3) is 0.409. The van der Waals surface area contributed by atoms with Crippen molar-refractivity contribution >= 4 is 5.91 Å². The van der Waals surface area contributed by atoms with Crippen molar-refractivity contribution < 1.29 is 14.3 Å². The van der Waals surface area contributed by atoms with Crippen LogP contribution >= 0.6 is 0 Å². The summed E-state index contributed by atoms with van der Waals surface area (Å²) in [6, 6.07) is 16.7. The number of fused-ring (bicyclic) bond motifs is 1. The average molecular weight is 366 g/mol. The molecule has 2 aliphatic heterocycles. The minimum absolute atomic E-state index is 0.0929. The molecular weight excluding hydrogens is 340 g/mol. The monoisotopic (exact) mass is 366 g/mol. The molecule has 142 valence electrons. The van der Waals surface area contributed by atoms with Crippen LogP contribution < -0.4 is 14.8 Å². The largest absolute Gasteiger partial charge is 0.486 e. The van der Waals surface area contributed by atoms with Gasteiger partial charge in [-0.25, -0.2) is 0 Å². The van der Waals surface area contributed by atoms with E-state index in [1.54, 1.807) is 0 Å². The van der Waals surface area contributed by atoms with E-state index < -0.39 is 0 Å². The molecule has 27 heavy (non-hydrogen) atoms. The van der Waals surface area contributed by atoms with E-state index in [9.17, 15) is 4.79 Å². The van der Waals surface area contributed by atoms with E-state index in [2.05, 4.69) is 34.5 Å². The Morgan fingerprint density at radius 3 is 2.74 bits per heavy atom. The number of carbonyl (C=O) groups is 1. The summed E-state index contributed by atoms with van der Waals surface area (Å²) in [4.78, 5) is 14.7. The molecule has 1 fully saturated rings. The molecule has 0 unspecified atom stereocenters. The fourth-order valence-corrected chi connectivity index (χ4v) is 3.89. The summed E-state index contributed by atoms with van der Waals surface area (Å²) in [5.74, 6) is 1.72. The van der Waals surface area contributed by atoms with Crippen LogP contribution in [-0.2, 0) is 11.2 Å². The van der Waals surface area contributed by atoms with Crippen molar-refractivity contribution in [3.8, 4) is 11.5 Å². The van der Waals surface area contributed by atoms with E-state index in [1.165, 1.54) is 11.1 Å². The van der Waals surface area contributed by atoms with Gasteiger partial charge in [-0.2, -0.15) is 0 Å². The molecule has 0 radical (unpaired) electrons. The second-order valence-corrected chi connectivity index (χ2v) is 7.12. The molecule has 1 amide bonds. The topological polar surface area (TPSA) is 50.8 Å². The average Bonchev–Trinajstić information content (AvgIpc) is 3.16. The number of nitrogens with one attached hydrogen (secondary N) is 1. The summed E-state index contributed by atoms with van der Waals surface area (Å²) in [5, 5.41) is 3.05. The maximum atomic E-state index is 12.4. The van der Waals surface area contributed by atoms with E-state index in [-0.39, 0.29) is 11.9 Å². The smallest absolute Gasteiger partial charge is 0.234 e. The lowest BCUT2D eigenvalue weighted by Gasteiger charge is -2.26. The Morgan fingerprint density at radius 2 is 1.89 bits per heavy atom. The van der Waals surface area contributed by atoms with Gasteiger partial charge in [0.05, 0.1) is 6.54 Å². The van der Waals surface area contributed by atoms with Crippen LogP contribution in [0.1, 0.15) is 30.0 Å². The van der Waals surface area contributed by atoms with Crippen molar-refractivity contribution in [2.75, 3.05) is 32.8 Å². The Hall–Kier alpha value is -2.53. The molecule has 5 heteroatoms. The molecule has 1 saturated heterocycles. The Bertz CT molecular complexity index is 778. The van der Waals surface area contributed by atoms with Gasteiger partial charge in [-0.05, 0) is 49.1 Å². The molecule has 5 nitrogen and oxygen atoms in total. The zero-order valence-electron chi connectivity index (χ0n) is 15.5. The van der Waals surface area contributed by atoms with Crippen molar-refractivity contribution in [1.82, 2.24) is 10.2 Å². The molecule has 2 aromatic rings. The van der Waals surface area contributed by atoms with Gasteiger partial charge in [0.25, 0.3) is 0 Å². The SMILES string of the molecule is O=C(CN1CCC[C@H]1c1ccc2c(c1)OCCO2)NCCc1ccccc1. The Kier molecular flexibility index (Phi) is 5.58. The Balaban J connectivity index is 1.32. The standard InChI is InChI=1S/C22H26N2O3/c25-22(23-11-10-17-5-2-1-3-6-17)16-24-12-4-7-19(24)18-8-9-20-21(15-18)27-14-13-26-20/h1-3,5-6,8-9,15,19H,4,7,10-14,16H2,(H,23,25)/t19-/m0/s1. The van der Waals surface area contributed by atoms with E-state index in [4.69, 9.17) is 9.47 Å². The summed E-state index contributed by atoms with van der Waals surface area (Å²) in [6.07, 6.45) is 3.03. The molecule has 0 aliphatic carbocycles. The zero-order chi connectivity index (χ0) is 18.5. The lowest BCUT2D eigenvalue weighted by atomic mass is 10.0. The molecule has 1 atom stereocenters. The van der Waals surface area contributed by atoms with Crippen molar-refractivity contribution in [2.45, 2.75) is 25.3 Å². The highest BCUT2D eigenvalue weighted by Crippen LogP contribution is 2.37. The zero-order valence-corrected chi connectivity index (χ0v) is 15.5. The second-order valence-electron chi connectivity index (χ2n) is 7.12. The van der Waals surface area contributed by atoms with Crippen molar-refractivity contribution in [3.63, 3.8) is 0 Å². The predicted molar refractivity (Wildman–Crippen MR) is 104 cm³/mol. The Morgan fingerprint density at radius 1 is 1.07 bits per heavy atom. The number of ether oxygens (including phenoxy) is 2. The molecule has 2 aliphatic rings. The number of carbonyl (C=O) groups excluding carboxylic acids is 1. The Labute approximate surface area is 160 Å². The van der Waals surface area contributed by atoms with Crippen LogP contribution in [0.15, 0.2) is 48.5 Å². The van der Waals surface area contributed by atoms with Crippen molar-refractivity contribution in [1.29, 1.82) is 0 Å². The first-order valence-electron chi connectivity index (χ1n) is 9.74. The van der Waals surface area contributed by atoms with Crippen molar-refractivity contribution in [2.24, 2.45) is 0 Å². The molecule has 0 saturated carbocycles. The second kappa shape index (κ2) is 8.44. The van der Waals surface area contributed by atoms with Gasteiger partial charge in [0.2, 0.25) is 5.91 Å². The van der Waals surface area contributed by atoms with Crippen LogP contribution in [0.4, 0.5) is 0 Å². The minimum atomic E-state index is 0.0929. The molecule has 0 aromatic heterocycles. The number of benzene rings is 2. The predicted octanol–water partition coefficient (Wildman–Crippen LogP) is 2.95. The van der Waals surface area contributed by atoms with Crippen molar-refractivity contribution in [3.05, 3.63) is 59.7 Å². The van der Waals surface area contributed by atoms with E-state index in [1.807, 2.05) is 24.3 Å². The van der Waals surface area contributed by atoms with Gasteiger partial charge < -0.3 is 14.8 Å². The molecule has 2 heterocycles. The van der Waals surface area contributed by atoms with Crippen LogP contribution in [0.3, 0.4) is 0 Å². The molecule has 0 bridgehead atoms. The maximum absolute atomic E-state index is 12.4. The van der Waals surface area contributed by atoms with Gasteiger partial charge in [0.1, 0.15) is 13.2 Å². The number of amides is 1. The van der Waals surface area contributed by atoms with Crippen LogP contribution in [0.2, 0.25) is 0 Å². The quantitative estimate of drug-likeness (QED) is 0.854. The van der Waals surface area contributed by atoms with Gasteiger partial charge in [0.15, 0.2) is 11.5 Å². The third-order valence-corrected chi connectivity index (χ3v) is 5.24. The molecule has 1 N–H and O–H groups in total. The third kappa shape index (κ3) is 4.42. The van der Waals surface area contributed by atoms with Gasteiger partial charge in [0, 0.05) is 12.6 Å². The lowest BCUT2D eigenvalue weighted by molar-refractivity contribution is -0.122. The highest BCUT2D eigenvalue weighted by molar-refractivity contribution is 5.78. The van der Waals surface area contributed by atoms with Gasteiger partial charge >= 0.3 is 0 Å². The van der Waals surface area contributed by atoms with Gasteiger partial charge in [-0.15, -0.1) is 0 Å². The first kappa shape index (κ1) is 17.9. The van der Waals surface area contributed by atoms with Gasteiger partial charge in [-0.3, -0.25) is 9.69 Å². The van der Waals surface area contributed by atoms with Crippen LogP contribution in [0, 0.1) is 0 Å². The number of hydrogen-bond acceptors (Lipinski definition) is 4. The lowest BCUT2D eigenvalue weighted by Crippen LogP contribution is -2.37. The summed E-state index contributed by atoms with van der Waals surface area (Å²) >= 11 is 0. The summed E-state index contributed by atoms with van der Waals surface area (Å²) in [7, 11) is 0. The number of rotatable bonds is 6. The van der Waals surface area contributed by atoms with E-state index >= 15 is 0 Å².